The van der Waals surface area contributed by atoms with Gasteiger partial charge < -0.3 is 15.2 Å². The lowest BCUT2D eigenvalue weighted by molar-refractivity contribution is 0.293. The molecule has 0 radical (unpaired) electrons. The third-order valence-electron chi connectivity index (χ3n) is 3.94. The van der Waals surface area contributed by atoms with Gasteiger partial charge in [0.25, 0.3) is 0 Å². The van der Waals surface area contributed by atoms with E-state index in [4.69, 9.17) is 39.0 Å². The van der Waals surface area contributed by atoms with Crippen LogP contribution in [0.5, 0.6) is 11.5 Å². The molecule has 0 aromatic heterocycles. The van der Waals surface area contributed by atoms with Crippen molar-refractivity contribution in [1.82, 2.24) is 0 Å². The van der Waals surface area contributed by atoms with Crippen LogP contribution in [-0.4, -0.2) is 17.4 Å². The topological polar surface area (TPSA) is 44.5 Å². The van der Waals surface area contributed by atoms with E-state index in [0.29, 0.717) is 35.4 Å². The highest BCUT2D eigenvalue weighted by molar-refractivity contribution is 7.81. The Hall–Kier alpha value is -2.04. The highest BCUT2D eigenvalue weighted by Crippen LogP contribution is 2.32. The zero-order chi connectivity index (χ0) is 19.6. The van der Waals surface area contributed by atoms with Crippen molar-refractivity contribution in [3.8, 4) is 11.5 Å². The third kappa shape index (κ3) is 6.56. The highest BCUT2D eigenvalue weighted by atomic mass is 35.5. The van der Waals surface area contributed by atoms with E-state index in [1.54, 1.807) is 6.08 Å². The Morgan fingerprint density at radius 2 is 1.89 bits per heavy atom. The van der Waals surface area contributed by atoms with Gasteiger partial charge in [-0.2, -0.15) is 0 Å². The fourth-order valence-electron chi connectivity index (χ4n) is 2.59. The molecule has 0 aliphatic carbocycles. The number of aryl methyl sites for hydroxylation is 1. The maximum Gasteiger partial charge on any atom is 0.132 e. The van der Waals surface area contributed by atoms with Crippen LogP contribution in [0.3, 0.4) is 0 Å². The highest BCUT2D eigenvalue weighted by Gasteiger charge is 2.14. The quantitative estimate of drug-likeness (QED) is 0.189. The molecule has 3 nitrogen and oxygen atoms in total. The maximum absolute atomic E-state index is 6.11. The summed E-state index contributed by atoms with van der Waals surface area (Å²) in [4.78, 5) is 0.653. The Morgan fingerprint density at radius 1 is 1.15 bits per heavy atom. The molecule has 27 heavy (non-hydrogen) atoms. The van der Waals surface area contributed by atoms with Gasteiger partial charge in [0.1, 0.15) is 18.1 Å². The summed E-state index contributed by atoms with van der Waals surface area (Å²) in [5, 5.41) is 0. The molecule has 5 heteroatoms. The molecule has 0 saturated heterocycles. The van der Waals surface area contributed by atoms with Crippen LogP contribution in [-0.2, 0) is 13.0 Å². The van der Waals surface area contributed by atoms with Crippen molar-refractivity contribution in [2.75, 3.05) is 12.5 Å². The minimum atomic E-state index is 0.453. The number of hydrogen-bond donors (Lipinski definition) is 1. The van der Waals surface area contributed by atoms with Gasteiger partial charge in [0.2, 0.25) is 0 Å². The second-order valence-corrected chi connectivity index (χ2v) is 7.05. The first-order valence-electron chi connectivity index (χ1n) is 9.05. The van der Waals surface area contributed by atoms with Crippen LogP contribution in [0.1, 0.15) is 37.0 Å². The van der Waals surface area contributed by atoms with Crippen molar-refractivity contribution in [2.24, 2.45) is 5.73 Å². The Labute approximate surface area is 172 Å². The van der Waals surface area contributed by atoms with Crippen LogP contribution < -0.4 is 15.2 Å². The summed E-state index contributed by atoms with van der Waals surface area (Å²) in [7, 11) is 0. The summed E-state index contributed by atoms with van der Waals surface area (Å²) >= 11 is 11.3. The lowest BCUT2D eigenvalue weighted by Crippen LogP contribution is -2.07. The molecule has 2 rings (SSSR count). The van der Waals surface area contributed by atoms with Gasteiger partial charge in [-0.05, 0) is 43.0 Å². The number of halogens is 1. The number of ether oxygens (including phenoxy) is 2. The van der Waals surface area contributed by atoms with Crippen molar-refractivity contribution < 1.29 is 9.47 Å². The lowest BCUT2D eigenvalue weighted by atomic mass is 10.0. The zero-order valence-electron chi connectivity index (χ0n) is 15.8. The van der Waals surface area contributed by atoms with Gasteiger partial charge in [0.15, 0.2) is 0 Å². The monoisotopic (exact) mass is 403 g/mol. The fraction of sp³-hybridized carbons (Fsp3) is 0.318. The number of hydrogen-bond acceptors (Lipinski definition) is 4. The van der Waals surface area contributed by atoms with E-state index >= 15 is 0 Å². The molecule has 2 aromatic rings. The minimum absolute atomic E-state index is 0.453. The van der Waals surface area contributed by atoms with Crippen molar-refractivity contribution >= 4 is 28.7 Å². The molecule has 144 valence electrons. The molecular weight excluding hydrogens is 378 g/mol. The Kier molecular flexibility index (Phi) is 8.62. The molecule has 0 fully saturated rings. The number of allylic oxidation sites excluding steroid dienone is 2. The molecule has 0 heterocycles. The number of thiocarbonyl (C=S) groups is 1. The summed E-state index contributed by atoms with van der Waals surface area (Å²) in [5.74, 6) is 2.08. The summed E-state index contributed by atoms with van der Waals surface area (Å²) in [6.45, 7) is 4.93. The van der Waals surface area contributed by atoms with Crippen LogP contribution in [0, 0.1) is 0 Å². The van der Waals surface area contributed by atoms with E-state index in [9.17, 15) is 0 Å². The molecule has 0 unspecified atom stereocenters. The van der Waals surface area contributed by atoms with Crippen LogP contribution >= 0.6 is 23.8 Å². The van der Waals surface area contributed by atoms with Crippen molar-refractivity contribution in [3.63, 3.8) is 0 Å². The van der Waals surface area contributed by atoms with E-state index < -0.39 is 0 Å². The molecule has 2 aromatic carbocycles. The number of rotatable bonds is 10. The molecule has 0 aliphatic rings. The second kappa shape index (κ2) is 11.0. The Morgan fingerprint density at radius 3 is 2.52 bits per heavy atom. The average Bonchev–Trinajstić information content (AvgIpc) is 2.66. The maximum atomic E-state index is 6.11. The number of nitrogens with two attached hydrogens (primary N) is 1. The van der Waals surface area contributed by atoms with E-state index in [1.807, 2.05) is 49.4 Å². The average molecular weight is 404 g/mol. The summed E-state index contributed by atoms with van der Waals surface area (Å²) in [5.41, 5.74) is 9.51. The Balaban J connectivity index is 2.36. The van der Waals surface area contributed by atoms with Crippen LogP contribution in [0.25, 0.3) is 0 Å². The molecule has 2 N–H and O–H groups in total. The fourth-order valence-corrected chi connectivity index (χ4v) is 3.04. The number of alkyl halides is 1. The smallest absolute Gasteiger partial charge is 0.132 e. The van der Waals surface area contributed by atoms with E-state index in [1.165, 1.54) is 0 Å². The molecule has 0 saturated carbocycles. The van der Waals surface area contributed by atoms with Gasteiger partial charge in [-0.1, -0.05) is 49.5 Å². The largest absolute Gasteiger partial charge is 0.493 e. The SMILES string of the molecule is CCc1cc(C(=S)/C=C(/C)N)c(OCc2ccccc2)cc1OCCCCl. The van der Waals surface area contributed by atoms with Gasteiger partial charge in [-0.25, -0.2) is 0 Å². The van der Waals surface area contributed by atoms with E-state index in [2.05, 4.69) is 6.92 Å². The molecule has 0 aliphatic heterocycles. The van der Waals surface area contributed by atoms with Crippen molar-refractivity contribution in [2.45, 2.75) is 33.3 Å². The second-order valence-electron chi connectivity index (χ2n) is 6.23. The van der Waals surface area contributed by atoms with Gasteiger partial charge in [-0.3, -0.25) is 0 Å². The van der Waals surface area contributed by atoms with Crippen LogP contribution in [0.2, 0.25) is 0 Å². The first-order chi connectivity index (χ1) is 13.0. The summed E-state index contributed by atoms with van der Waals surface area (Å²) in [6, 6.07) is 14.0. The third-order valence-corrected chi connectivity index (χ3v) is 4.55. The van der Waals surface area contributed by atoms with Gasteiger partial charge in [-0.15, -0.1) is 11.6 Å². The zero-order valence-corrected chi connectivity index (χ0v) is 17.4. The molecular formula is C22H26ClNO2S. The van der Waals surface area contributed by atoms with Crippen LogP contribution in [0.15, 0.2) is 54.2 Å². The molecule has 0 spiro atoms. The predicted octanol–water partition coefficient (Wildman–Crippen LogP) is 5.42. The Bertz CT molecular complexity index is 786. The standard InChI is InChI=1S/C22H26ClNO2S/c1-3-18-13-19(22(27)12-16(2)24)21(14-20(18)25-11-7-10-23)26-15-17-8-5-4-6-9-17/h4-6,8-9,12-14H,3,7,10-11,15,24H2,1-2H3/b16-12-. The summed E-state index contributed by atoms with van der Waals surface area (Å²) in [6.07, 6.45) is 3.41. The first kappa shape index (κ1) is 21.3. The van der Waals surface area contributed by atoms with E-state index in [0.717, 1.165) is 35.3 Å². The van der Waals surface area contributed by atoms with Crippen molar-refractivity contribution in [1.29, 1.82) is 0 Å². The summed E-state index contributed by atoms with van der Waals surface area (Å²) < 4.78 is 12.0. The van der Waals surface area contributed by atoms with Crippen molar-refractivity contribution in [3.05, 3.63) is 70.9 Å². The predicted molar refractivity (Wildman–Crippen MR) is 117 cm³/mol. The molecule has 0 amide bonds. The first-order valence-corrected chi connectivity index (χ1v) is 10.00. The van der Waals surface area contributed by atoms with E-state index in [-0.39, 0.29) is 0 Å². The molecule has 0 atom stereocenters. The van der Waals surface area contributed by atoms with Gasteiger partial charge >= 0.3 is 0 Å². The minimum Gasteiger partial charge on any atom is -0.493 e. The number of benzene rings is 2. The van der Waals surface area contributed by atoms with Crippen LogP contribution in [0.4, 0.5) is 0 Å². The van der Waals surface area contributed by atoms with Gasteiger partial charge in [0.05, 0.1) is 11.5 Å². The normalized spacial score (nSPS) is 11.3. The van der Waals surface area contributed by atoms with Gasteiger partial charge in [0, 0.05) is 23.2 Å². The molecule has 0 bridgehead atoms. The lowest BCUT2D eigenvalue weighted by Gasteiger charge is -2.17.